The van der Waals surface area contributed by atoms with Gasteiger partial charge in [0.15, 0.2) is 0 Å². The van der Waals surface area contributed by atoms with Gasteiger partial charge in [-0.1, -0.05) is 67.4 Å². The summed E-state index contributed by atoms with van der Waals surface area (Å²) in [5.74, 6) is 0.791. The van der Waals surface area contributed by atoms with E-state index in [0.29, 0.717) is 29.6 Å². The van der Waals surface area contributed by atoms with Crippen LogP contribution < -0.4 is 5.32 Å². The van der Waals surface area contributed by atoms with Gasteiger partial charge < -0.3 is 10.2 Å². The fourth-order valence-electron chi connectivity index (χ4n) is 3.04. The van der Waals surface area contributed by atoms with Gasteiger partial charge in [-0.15, -0.1) is 11.8 Å². The van der Waals surface area contributed by atoms with Gasteiger partial charge in [0.2, 0.25) is 11.8 Å². The zero-order chi connectivity index (χ0) is 21.9. The summed E-state index contributed by atoms with van der Waals surface area (Å²) in [6, 6.07) is 15.1. The van der Waals surface area contributed by atoms with Crippen molar-refractivity contribution in [2.75, 3.05) is 12.3 Å². The van der Waals surface area contributed by atoms with Gasteiger partial charge in [-0.25, -0.2) is 0 Å². The lowest BCUT2D eigenvalue weighted by molar-refractivity contribution is -0.138. The van der Waals surface area contributed by atoms with Crippen molar-refractivity contribution < 1.29 is 9.59 Å². The average molecular weight is 447 g/mol. The van der Waals surface area contributed by atoms with Crippen LogP contribution in [0.3, 0.4) is 0 Å². The minimum absolute atomic E-state index is 0.0477. The number of aryl methyl sites for hydroxylation is 1. The highest BCUT2D eigenvalue weighted by atomic mass is 35.5. The molecular formula is C24H31ClN2O2S. The molecule has 1 N–H and O–H groups in total. The first-order valence-corrected chi connectivity index (χ1v) is 11.9. The Morgan fingerprint density at radius 2 is 1.77 bits per heavy atom. The van der Waals surface area contributed by atoms with Gasteiger partial charge in [-0.3, -0.25) is 9.59 Å². The Hall–Kier alpha value is -1.98. The lowest BCUT2D eigenvalue weighted by Gasteiger charge is -2.29. The predicted octanol–water partition coefficient (Wildman–Crippen LogP) is 5.22. The molecule has 2 aromatic carbocycles. The molecule has 0 saturated carbocycles. The Labute approximate surface area is 189 Å². The molecule has 2 amide bonds. The molecule has 1 atom stereocenters. The molecule has 0 fully saturated rings. The molecule has 0 unspecified atom stereocenters. The van der Waals surface area contributed by atoms with E-state index in [4.69, 9.17) is 11.6 Å². The number of carbonyl (C=O) groups excluding carboxylic acids is 2. The molecule has 0 radical (unpaired) electrons. The van der Waals surface area contributed by atoms with Gasteiger partial charge in [0, 0.05) is 23.9 Å². The van der Waals surface area contributed by atoms with Crippen molar-refractivity contribution in [3.8, 4) is 0 Å². The number of hydrogen-bond donors (Lipinski definition) is 1. The van der Waals surface area contributed by atoms with Crippen molar-refractivity contribution in [3.63, 3.8) is 0 Å². The van der Waals surface area contributed by atoms with E-state index in [-0.39, 0.29) is 11.8 Å². The number of benzene rings is 2. The first-order valence-electron chi connectivity index (χ1n) is 10.4. The molecule has 162 valence electrons. The van der Waals surface area contributed by atoms with Gasteiger partial charge in [0.1, 0.15) is 6.04 Å². The Kier molecular flexibility index (Phi) is 10.2. The van der Waals surface area contributed by atoms with Crippen molar-refractivity contribution in [1.29, 1.82) is 0 Å². The lowest BCUT2D eigenvalue weighted by atomic mass is 10.1. The molecule has 0 aliphatic heterocycles. The van der Waals surface area contributed by atoms with E-state index in [1.165, 1.54) is 11.8 Å². The lowest BCUT2D eigenvalue weighted by Crippen LogP contribution is -2.48. The third-order valence-electron chi connectivity index (χ3n) is 5.04. The largest absolute Gasteiger partial charge is 0.354 e. The van der Waals surface area contributed by atoms with Crippen molar-refractivity contribution in [3.05, 3.63) is 70.2 Å². The number of carbonyl (C=O) groups is 2. The van der Waals surface area contributed by atoms with Crippen LogP contribution >= 0.6 is 23.4 Å². The normalized spacial score (nSPS) is 11.7. The van der Waals surface area contributed by atoms with Crippen LogP contribution in [0, 0.1) is 6.92 Å². The summed E-state index contributed by atoms with van der Waals surface area (Å²) in [5.41, 5.74) is 3.17. The van der Waals surface area contributed by atoms with E-state index in [0.717, 1.165) is 29.5 Å². The fourth-order valence-corrected chi connectivity index (χ4v) is 4.23. The smallest absolute Gasteiger partial charge is 0.242 e. The summed E-state index contributed by atoms with van der Waals surface area (Å²) >= 11 is 7.73. The number of thioether (sulfide) groups is 1. The zero-order valence-corrected chi connectivity index (χ0v) is 19.6. The molecule has 0 saturated heterocycles. The Bertz CT molecular complexity index is 843. The summed E-state index contributed by atoms with van der Waals surface area (Å²) < 4.78 is 0. The Morgan fingerprint density at radius 1 is 1.10 bits per heavy atom. The van der Waals surface area contributed by atoms with Crippen LogP contribution in [-0.4, -0.2) is 35.1 Å². The summed E-state index contributed by atoms with van der Waals surface area (Å²) in [6.45, 7) is 6.96. The number of unbranched alkanes of at least 4 members (excludes halogenated alkanes) is 1. The van der Waals surface area contributed by atoms with Crippen LogP contribution in [0.5, 0.6) is 0 Å². The van der Waals surface area contributed by atoms with E-state index in [1.54, 1.807) is 11.8 Å². The number of nitrogens with zero attached hydrogens (tertiary/aromatic N) is 1. The monoisotopic (exact) mass is 446 g/mol. The fraction of sp³-hybridized carbons (Fsp3) is 0.417. The third-order valence-corrected chi connectivity index (χ3v) is 6.37. The minimum Gasteiger partial charge on any atom is -0.354 e. The maximum Gasteiger partial charge on any atom is 0.242 e. The quantitative estimate of drug-likeness (QED) is 0.481. The van der Waals surface area contributed by atoms with Crippen molar-refractivity contribution in [2.24, 2.45) is 0 Å². The number of amides is 2. The third kappa shape index (κ3) is 7.37. The summed E-state index contributed by atoms with van der Waals surface area (Å²) in [7, 11) is 0. The second kappa shape index (κ2) is 12.7. The number of nitrogens with one attached hydrogen (secondary N) is 1. The molecule has 0 bridgehead atoms. The van der Waals surface area contributed by atoms with Gasteiger partial charge in [0.25, 0.3) is 0 Å². The van der Waals surface area contributed by atoms with Gasteiger partial charge in [-0.2, -0.15) is 0 Å². The number of halogens is 1. The molecule has 0 heterocycles. The summed E-state index contributed by atoms with van der Waals surface area (Å²) in [4.78, 5) is 27.4. The Balaban J connectivity index is 2.07. The molecule has 30 heavy (non-hydrogen) atoms. The highest BCUT2D eigenvalue weighted by Crippen LogP contribution is 2.22. The first-order chi connectivity index (χ1) is 14.4. The average Bonchev–Trinajstić information content (AvgIpc) is 2.74. The SMILES string of the molecule is CCCCNC(=O)[C@@H](C)N(Cc1ccccc1C)C(=O)CSCc1ccccc1Cl. The van der Waals surface area contributed by atoms with Crippen molar-refractivity contribution >= 4 is 35.2 Å². The molecule has 2 rings (SSSR count). The van der Waals surface area contributed by atoms with Crippen molar-refractivity contribution in [2.45, 2.75) is 52.0 Å². The highest BCUT2D eigenvalue weighted by molar-refractivity contribution is 7.99. The zero-order valence-electron chi connectivity index (χ0n) is 18.0. The molecule has 0 aromatic heterocycles. The summed E-state index contributed by atoms with van der Waals surface area (Å²) in [6.07, 6.45) is 1.94. The molecule has 4 nitrogen and oxygen atoms in total. The topological polar surface area (TPSA) is 49.4 Å². The second-order valence-corrected chi connectivity index (χ2v) is 8.75. The maximum atomic E-state index is 13.1. The van der Waals surface area contributed by atoms with Crippen LogP contribution in [0.15, 0.2) is 48.5 Å². The number of rotatable bonds is 11. The van der Waals surface area contributed by atoms with Crippen LogP contribution in [0.4, 0.5) is 0 Å². The van der Waals surface area contributed by atoms with E-state index in [1.807, 2.05) is 55.5 Å². The number of hydrogen-bond acceptors (Lipinski definition) is 3. The van der Waals surface area contributed by atoms with Gasteiger partial charge in [-0.05, 0) is 43.0 Å². The second-order valence-electron chi connectivity index (χ2n) is 7.35. The van der Waals surface area contributed by atoms with E-state index in [2.05, 4.69) is 12.2 Å². The summed E-state index contributed by atoms with van der Waals surface area (Å²) in [5, 5.41) is 3.66. The minimum atomic E-state index is -0.533. The molecule has 6 heteroatoms. The van der Waals surface area contributed by atoms with E-state index >= 15 is 0 Å². The first kappa shape index (κ1) is 24.3. The predicted molar refractivity (Wildman–Crippen MR) is 127 cm³/mol. The highest BCUT2D eigenvalue weighted by Gasteiger charge is 2.26. The van der Waals surface area contributed by atoms with E-state index in [9.17, 15) is 9.59 Å². The van der Waals surface area contributed by atoms with Crippen LogP contribution in [-0.2, 0) is 21.9 Å². The van der Waals surface area contributed by atoms with Crippen molar-refractivity contribution in [1.82, 2.24) is 10.2 Å². The molecule has 2 aromatic rings. The van der Waals surface area contributed by atoms with E-state index < -0.39 is 6.04 Å². The molecule has 0 spiro atoms. The standard InChI is InChI=1S/C24H31ClN2O2S/c1-4-5-14-26-24(29)19(3)27(15-20-11-7-6-10-18(20)2)23(28)17-30-16-21-12-8-9-13-22(21)25/h6-13,19H,4-5,14-17H2,1-3H3,(H,26,29)/t19-/m1/s1. The molecule has 0 aliphatic carbocycles. The van der Waals surface area contributed by atoms with Crippen LogP contribution in [0.25, 0.3) is 0 Å². The Morgan fingerprint density at radius 3 is 2.43 bits per heavy atom. The van der Waals surface area contributed by atoms with Gasteiger partial charge >= 0.3 is 0 Å². The van der Waals surface area contributed by atoms with Gasteiger partial charge in [0.05, 0.1) is 5.75 Å². The molecular weight excluding hydrogens is 416 g/mol. The van der Waals surface area contributed by atoms with Crippen LogP contribution in [0.1, 0.15) is 43.4 Å². The maximum absolute atomic E-state index is 13.1. The van der Waals surface area contributed by atoms with Crippen LogP contribution in [0.2, 0.25) is 5.02 Å². The molecule has 0 aliphatic rings.